The van der Waals surface area contributed by atoms with Crippen LogP contribution in [0.5, 0.6) is 0 Å². The minimum atomic E-state index is -4.28. The number of carbonyl (C=O) groups excluding carboxylic acids is 2. The van der Waals surface area contributed by atoms with Gasteiger partial charge in [-0.15, -0.1) is 0 Å². The van der Waals surface area contributed by atoms with Crippen molar-refractivity contribution in [2.24, 2.45) is 0 Å². The van der Waals surface area contributed by atoms with Crippen molar-refractivity contribution in [3.63, 3.8) is 0 Å². The van der Waals surface area contributed by atoms with Crippen LogP contribution < -0.4 is 9.62 Å². The molecule has 0 saturated carbocycles. The Labute approximate surface area is 240 Å². The molecule has 1 unspecified atom stereocenters. The molecule has 4 aromatic rings. The molecule has 0 bridgehead atoms. The standard InChI is InChI=1S/C32H32FN3O4S/c1-24-13-17-28(18-14-24)36(41(39,40)29-19-15-27(33)16-20-29)23-31(37)35(22-26-11-7-4-8-12-26)30(32(38)34-2)21-25-9-5-3-6-10-25/h3-20,30H,21-23H2,1-2H3,(H,34,38). The second kappa shape index (κ2) is 13.2. The highest BCUT2D eigenvalue weighted by Crippen LogP contribution is 2.25. The van der Waals surface area contributed by atoms with Gasteiger partial charge in [0.1, 0.15) is 18.4 Å². The molecule has 0 radical (unpaired) electrons. The molecule has 41 heavy (non-hydrogen) atoms. The maximum absolute atomic E-state index is 14.2. The predicted octanol–water partition coefficient (Wildman–Crippen LogP) is 4.72. The van der Waals surface area contributed by atoms with Crippen molar-refractivity contribution in [1.82, 2.24) is 10.2 Å². The van der Waals surface area contributed by atoms with E-state index in [0.29, 0.717) is 0 Å². The molecular formula is C32H32FN3O4S. The summed E-state index contributed by atoms with van der Waals surface area (Å²) in [5.74, 6) is -1.52. The van der Waals surface area contributed by atoms with Gasteiger partial charge in [-0.05, 0) is 54.4 Å². The van der Waals surface area contributed by atoms with Gasteiger partial charge in [0.15, 0.2) is 0 Å². The summed E-state index contributed by atoms with van der Waals surface area (Å²) in [5.41, 5.74) is 2.81. The summed E-state index contributed by atoms with van der Waals surface area (Å²) in [4.78, 5) is 28.6. The average Bonchev–Trinajstić information content (AvgIpc) is 2.99. The fourth-order valence-corrected chi connectivity index (χ4v) is 5.89. The van der Waals surface area contributed by atoms with Crippen molar-refractivity contribution < 1.29 is 22.4 Å². The lowest BCUT2D eigenvalue weighted by Gasteiger charge is -2.33. The number of anilines is 1. The fourth-order valence-electron chi connectivity index (χ4n) is 4.47. The van der Waals surface area contributed by atoms with Crippen molar-refractivity contribution >= 4 is 27.5 Å². The number of likely N-dealkylation sites (N-methyl/N-ethyl adjacent to an activating group) is 1. The molecule has 0 aromatic heterocycles. The van der Waals surface area contributed by atoms with Gasteiger partial charge in [-0.25, -0.2) is 12.8 Å². The van der Waals surface area contributed by atoms with Crippen LogP contribution in [0.3, 0.4) is 0 Å². The predicted molar refractivity (Wildman–Crippen MR) is 157 cm³/mol. The van der Waals surface area contributed by atoms with Crippen LogP contribution in [-0.2, 0) is 32.6 Å². The quantitative estimate of drug-likeness (QED) is 0.282. The molecule has 7 nitrogen and oxygen atoms in total. The molecule has 0 aliphatic carbocycles. The van der Waals surface area contributed by atoms with Crippen LogP contribution in [0.15, 0.2) is 114 Å². The van der Waals surface area contributed by atoms with Crippen LogP contribution in [0.4, 0.5) is 10.1 Å². The minimum Gasteiger partial charge on any atom is -0.357 e. The number of benzene rings is 4. The number of hydrogen-bond donors (Lipinski definition) is 1. The number of amides is 2. The molecule has 0 spiro atoms. The lowest BCUT2D eigenvalue weighted by Crippen LogP contribution is -2.53. The first-order valence-electron chi connectivity index (χ1n) is 13.1. The maximum Gasteiger partial charge on any atom is 0.264 e. The first-order valence-corrected chi connectivity index (χ1v) is 14.6. The van der Waals surface area contributed by atoms with Gasteiger partial charge in [0, 0.05) is 20.0 Å². The number of halogens is 1. The van der Waals surface area contributed by atoms with Crippen LogP contribution in [-0.4, -0.2) is 44.8 Å². The van der Waals surface area contributed by atoms with Gasteiger partial charge < -0.3 is 10.2 Å². The first kappa shape index (κ1) is 29.5. The summed E-state index contributed by atoms with van der Waals surface area (Å²) in [5, 5.41) is 2.66. The largest absolute Gasteiger partial charge is 0.357 e. The third-order valence-corrected chi connectivity index (χ3v) is 8.50. The van der Waals surface area contributed by atoms with E-state index in [4.69, 9.17) is 0 Å². The van der Waals surface area contributed by atoms with E-state index >= 15 is 0 Å². The summed E-state index contributed by atoms with van der Waals surface area (Å²) in [6.07, 6.45) is 0.230. The van der Waals surface area contributed by atoms with E-state index in [9.17, 15) is 22.4 Å². The fraction of sp³-hybridized carbons (Fsp3) is 0.188. The first-order chi connectivity index (χ1) is 19.7. The Morgan fingerprint density at radius 3 is 1.93 bits per heavy atom. The Morgan fingerprint density at radius 1 is 0.805 bits per heavy atom. The van der Waals surface area contributed by atoms with Gasteiger partial charge in [-0.2, -0.15) is 0 Å². The highest BCUT2D eigenvalue weighted by atomic mass is 32.2. The van der Waals surface area contributed by atoms with Crippen molar-refractivity contribution in [3.8, 4) is 0 Å². The number of nitrogens with one attached hydrogen (secondary N) is 1. The van der Waals surface area contributed by atoms with Crippen LogP contribution >= 0.6 is 0 Å². The lowest BCUT2D eigenvalue weighted by molar-refractivity contribution is -0.139. The molecule has 0 aliphatic heterocycles. The number of rotatable bonds is 11. The Morgan fingerprint density at radius 2 is 1.37 bits per heavy atom. The lowest BCUT2D eigenvalue weighted by atomic mass is 10.0. The molecule has 0 saturated heterocycles. The summed E-state index contributed by atoms with van der Waals surface area (Å²) < 4.78 is 42.3. The summed E-state index contributed by atoms with van der Waals surface area (Å²) in [6, 6.07) is 28.8. The summed E-state index contributed by atoms with van der Waals surface area (Å²) >= 11 is 0. The SMILES string of the molecule is CNC(=O)C(Cc1ccccc1)N(Cc1ccccc1)C(=O)CN(c1ccc(C)cc1)S(=O)(=O)c1ccc(F)cc1. The van der Waals surface area contributed by atoms with E-state index in [-0.39, 0.29) is 29.5 Å². The Bertz CT molecular complexity index is 1560. The third kappa shape index (κ3) is 7.37. The molecule has 4 aromatic carbocycles. The van der Waals surface area contributed by atoms with Crippen molar-refractivity contribution in [1.29, 1.82) is 0 Å². The van der Waals surface area contributed by atoms with E-state index in [0.717, 1.165) is 33.1 Å². The second-order valence-corrected chi connectivity index (χ2v) is 11.5. The smallest absolute Gasteiger partial charge is 0.264 e. The molecule has 0 heterocycles. The van der Waals surface area contributed by atoms with Crippen molar-refractivity contribution in [3.05, 3.63) is 132 Å². The van der Waals surface area contributed by atoms with E-state index < -0.39 is 34.3 Å². The molecule has 1 atom stereocenters. The molecule has 9 heteroatoms. The zero-order chi connectivity index (χ0) is 29.4. The topological polar surface area (TPSA) is 86.8 Å². The molecule has 2 amide bonds. The van der Waals surface area contributed by atoms with E-state index in [2.05, 4.69) is 5.32 Å². The van der Waals surface area contributed by atoms with Crippen LogP contribution in [0.25, 0.3) is 0 Å². The van der Waals surface area contributed by atoms with Crippen molar-refractivity contribution in [2.75, 3.05) is 17.9 Å². The highest BCUT2D eigenvalue weighted by molar-refractivity contribution is 7.92. The van der Waals surface area contributed by atoms with Gasteiger partial charge in [0.2, 0.25) is 11.8 Å². The molecule has 0 aliphatic rings. The van der Waals surface area contributed by atoms with Crippen molar-refractivity contribution in [2.45, 2.75) is 30.8 Å². The number of nitrogens with zero attached hydrogens (tertiary/aromatic N) is 2. The molecule has 1 N–H and O–H groups in total. The third-order valence-electron chi connectivity index (χ3n) is 6.72. The van der Waals surface area contributed by atoms with Crippen LogP contribution in [0.1, 0.15) is 16.7 Å². The number of aryl methyl sites for hydroxylation is 1. The van der Waals surface area contributed by atoms with Gasteiger partial charge in [0.25, 0.3) is 10.0 Å². The van der Waals surface area contributed by atoms with Gasteiger partial charge >= 0.3 is 0 Å². The van der Waals surface area contributed by atoms with E-state index in [1.54, 1.807) is 24.3 Å². The second-order valence-electron chi connectivity index (χ2n) is 9.63. The van der Waals surface area contributed by atoms with E-state index in [1.807, 2.05) is 67.6 Å². The zero-order valence-corrected chi connectivity index (χ0v) is 23.7. The Hall–Kier alpha value is -4.50. The Balaban J connectivity index is 1.77. The summed E-state index contributed by atoms with van der Waals surface area (Å²) in [6.45, 7) is 1.38. The van der Waals surface area contributed by atoms with Crippen LogP contribution in [0.2, 0.25) is 0 Å². The van der Waals surface area contributed by atoms with E-state index in [1.165, 1.54) is 24.1 Å². The molecule has 212 valence electrons. The number of sulfonamides is 1. The van der Waals surface area contributed by atoms with Gasteiger partial charge in [0.05, 0.1) is 10.6 Å². The van der Waals surface area contributed by atoms with Gasteiger partial charge in [-0.3, -0.25) is 13.9 Å². The number of hydrogen-bond acceptors (Lipinski definition) is 4. The van der Waals surface area contributed by atoms with Gasteiger partial charge in [-0.1, -0.05) is 78.4 Å². The highest BCUT2D eigenvalue weighted by Gasteiger charge is 2.34. The molecular weight excluding hydrogens is 541 g/mol. The minimum absolute atomic E-state index is 0.0862. The maximum atomic E-state index is 14.2. The number of carbonyl (C=O) groups is 2. The summed E-state index contributed by atoms with van der Waals surface area (Å²) in [7, 11) is -2.77. The van der Waals surface area contributed by atoms with Crippen LogP contribution in [0, 0.1) is 12.7 Å². The monoisotopic (exact) mass is 573 g/mol. The zero-order valence-electron chi connectivity index (χ0n) is 22.9. The molecule has 4 rings (SSSR count). The molecule has 0 fully saturated rings. The normalized spacial score (nSPS) is 11.9. The average molecular weight is 574 g/mol. The Kier molecular flexibility index (Phi) is 9.52.